The van der Waals surface area contributed by atoms with Gasteiger partial charge in [0, 0.05) is 37.3 Å². The van der Waals surface area contributed by atoms with Crippen LogP contribution in [-0.4, -0.2) is 62.3 Å². The van der Waals surface area contributed by atoms with Crippen molar-refractivity contribution in [3.05, 3.63) is 36.4 Å². The average molecular weight is 390 g/mol. The van der Waals surface area contributed by atoms with Gasteiger partial charge in [-0.25, -0.2) is 13.1 Å². The summed E-state index contributed by atoms with van der Waals surface area (Å²) in [5.74, 6) is 0.819. The van der Waals surface area contributed by atoms with Gasteiger partial charge in [-0.05, 0) is 46.0 Å². The molecule has 1 N–H and O–H groups in total. The third-order valence-corrected chi connectivity index (χ3v) is 6.19. The lowest BCUT2D eigenvalue weighted by Gasteiger charge is -2.32. The number of hydrogen-bond donors (Lipinski definition) is 1. The van der Waals surface area contributed by atoms with Gasteiger partial charge in [0.15, 0.2) is 5.82 Å². The normalized spacial score (nSPS) is 16.5. The van der Waals surface area contributed by atoms with Crippen molar-refractivity contribution in [3.8, 4) is 11.3 Å². The molecule has 0 bridgehead atoms. The van der Waals surface area contributed by atoms with Gasteiger partial charge in [-0.1, -0.05) is 18.2 Å². The van der Waals surface area contributed by atoms with E-state index in [4.69, 9.17) is 0 Å². The Bertz CT molecular complexity index is 883. The van der Waals surface area contributed by atoms with Crippen LogP contribution in [0.1, 0.15) is 20.8 Å². The first-order valence-corrected chi connectivity index (χ1v) is 10.5. The topological polar surface area (TPSA) is 78.4 Å². The van der Waals surface area contributed by atoms with Crippen molar-refractivity contribution < 1.29 is 8.42 Å². The summed E-state index contributed by atoms with van der Waals surface area (Å²) in [6.07, 6.45) is 0. The third kappa shape index (κ3) is 4.82. The second kappa shape index (κ2) is 7.53. The van der Waals surface area contributed by atoms with Crippen LogP contribution in [0.3, 0.4) is 0 Å². The van der Waals surface area contributed by atoms with Crippen LogP contribution in [0, 0.1) is 0 Å². The zero-order valence-corrected chi connectivity index (χ0v) is 17.1. The van der Waals surface area contributed by atoms with E-state index in [9.17, 15) is 8.42 Å². The molecule has 1 fully saturated rings. The molecule has 1 aromatic carbocycles. The summed E-state index contributed by atoms with van der Waals surface area (Å²) in [7, 11) is -1.56. The Morgan fingerprint density at radius 1 is 0.963 bits per heavy atom. The van der Waals surface area contributed by atoms with E-state index in [1.54, 1.807) is 18.2 Å². The second-order valence-corrected chi connectivity index (χ2v) is 9.57. The summed E-state index contributed by atoms with van der Waals surface area (Å²) in [4.78, 5) is 4.68. The lowest BCUT2D eigenvalue weighted by atomic mass is 10.1. The van der Waals surface area contributed by atoms with Crippen LogP contribution >= 0.6 is 0 Å². The fourth-order valence-corrected chi connectivity index (χ4v) is 4.68. The molecule has 1 aliphatic rings. The molecule has 0 spiro atoms. The number of likely N-dealkylation sites (N-methyl/N-ethyl adjacent to an activating group) is 1. The SMILES string of the molecule is CN1CCN(c2ccc(-c3ccccc3S(=O)(=O)NC(C)(C)C)nn2)CC1. The van der Waals surface area contributed by atoms with Crippen molar-refractivity contribution in [3.63, 3.8) is 0 Å². The minimum absolute atomic E-state index is 0.210. The highest BCUT2D eigenvalue weighted by Gasteiger charge is 2.25. The fraction of sp³-hybridized carbons (Fsp3) is 0.474. The van der Waals surface area contributed by atoms with Gasteiger partial charge in [0.2, 0.25) is 10.0 Å². The van der Waals surface area contributed by atoms with E-state index in [2.05, 4.69) is 31.8 Å². The quantitative estimate of drug-likeness (QED) is 0.861. The molecule has 0 aliphatic carbocycles. The number of rotatable bonds is 4. The van der Waals surface area contributed by atoms with Gasteiger partial charge in [-0.2, -0.15) is 0 Å². The molecule has 146 valence electrons. The summed E-state index contributed by atoms with van der Waals surface area (Å²) in [6.45, 7) is 9.25. The minimum atomic E-state index is -3.67. The number of anilines is 1. The van der Waals surface area contributed by atoms with Crippen molar-refractivity contribution in [1.82, 2.24) is 19.8 Å². The van der Waals surface area contributed by atoms with Crippen LogP contribution in [0.5, 0.6) is 0 Å². The van der Waals surface area contributed by atoms with E-state index >= 15 is 0 Å². The Kier molecular flexibility index (Phi) is 5.50. The molecule has 1 aliphatic heterocycles. The highest BCUT2D eigenvalue weighted by molar-refractivity contribution is 7.89. The van der Waals surface area contributed by atoms with Gasteiger partial charge in [0.1, 0.15) is 0 Å². The zero-order valence-electron chi connectivity index (χ0n) is 16.3. The molecule has 8 heteroatoms. The second-order valence-electron chi connectivity index (χ2n) is 7.92. The highest BCUT2D eigenvalue weighted by Crippen LogP contribution is 2.27. The Balaban J connectivity index is 1.89. The lowest BCUT2D eigenvalue weighted by molar-refractivity contribution is 0.312. The third-order valence-electron chi connectivity index (χ3n) is 4.37. The lowest BCUT2D eigenvalue weighted by Crippen LogP contribution is -2.44. The van der Waals surface area contributed by atoms with Crippen LogP contribution in [0.2, 0.25) is 0 Å². The van der Waals surface area contributed by atoms with E-state index in [1.807, 2.05) is 39.0 Å². The molecule has 0 unspecified atom stereocenters. The fourth-order valence-electron chi connectivity index (χ4n) is 3.04. The number of hydrogen-bond acceptors (Lipinski definition) is 6. The Morgan fingerprint density at radius 2 is 1.63 bits per heavy atom. The average Bonchev–Trinajstić information content (AvgIpc) is 2.61. The van der Waals surface area contributed by atoms with E-state index in [0.29, 0.717) is 11.3 Å². The monoisotopic (exact) mass is 389 g/mol. The van der Waals surface area contributed by atoms with Crippen molar-refractivity contribution in [1.29, 1.82) is 0 Å². The molecule has 3 rings (SSSR count). The van der Waals surface area contributed by atoms with Crippen molar-refractivity contribution in [2.75, 3.05) is 38.1 Å². The number of sulfonamides is 1. The van der Waals surface area contributed by atoms with E-state index in [0.717, 1.165) is 32.0 Å². The number of nitrogens with one attached hydrogen (secondary N) is 1. The van der Waals surface area contributed by atoms with Crippen molar-refractivity contribution >= 4 is 15.8 Å². The Labute approximate surface area is 161 Å². The highest BCUT2D eigenvalue weighted by atomic mass is 32.2. The molecule has 27 heavy (non-hydrogen) atoms. The van der Waals surface area contributed by atoms with E-state index < -0.39 is 15.6 Å². The largest absolute Gasteiger partial charge is 0.353 e. The maximum absolute atomic E-state index is 12.8. The summed E-state index contributed by atoms with van der Waals surface area (Å²) >= 11 is 0. The number of nitrogens with zero attached hydrogens (tertiary/aromatic N) is 4. The van der Waals surface area contributed by atoms with Gasteiger partial charge in [0.05, 0.1) is 10.6 Å². The maximum atomic E-state index is 12.8. The molecular formula is C19H27N5O2S. The number of piperazine rings is 1. The summed E-state index contributed by atoms with van der Waals surface area (Å²) in [5.41, 5.74) is 0.526. The van der Waals surface area contributed by atoms with Gasteiger partial charge >= 0.3 is 0 Å². The first-order chi connectivity index (χ1) is 12.7. The van der Waals surface area contributed by atoms with Crippen LogP contribution in [0.25, 0.3) is 11.3 Å². The van der Waals surface area contributed by atoms with Gasteiger partial charge in [-0.3, -0.25) is 0 Å². The van der Waals surface area contributed by atoms with Crippen LogP contribution in [0.15, 0.2) is 41.3 Å². The first-order valence-electron chi connectivity index (χ1n) is 9.06. The molecule has 0 atom stereocenters. The van der Waals surface area contributed by atoms with Gasteiger partial charge in [0.25, 0.3) is 0 Å². The molecule has 2 aromatic rings. The Morgan fingerprint density at radius 3 is 2.22 bits per heavy atom. The molecule has 0 radical (unpaired) electrons. The molecule has 2 heterocycles. The molecule has 7 nitrogen and oxygen atoms in total. The molecular weight excluding hydrogens is 362 g/mol. The maximum Gasteiger partial charge on any atom is 0.241 e. The van der Waals surface area contributed by atoms with Crippen molar-refractivity contribution in [2.45, 2.75) is 31.2 Å². The first kappa shape index (κ1) is 19.7. The van der Waals surface area contributed by atoms with Crippen LogP contribution in [-0.2, 0) is 10.0 Å². The Hall–Kier alpha value is -2.03. The summed E-state index contributed by atoms with van der Waals surface area (Å²) < 4.78 is 28.3. The van der Waals surface area contributed by atoms with Gasteiger partial charge in [-0.15, -0.1) is 10.2 Å². The van der Waals surface area contributed by atoms with Crippen LogP contribution in [0.4, 0.5) is 5.82 Å². The number of benzene rings is 1. The predicted molar refractivity (Wildman–Crippen MR) is 107 cm³/mol. The summed E-state index contributed by atoms with van der Waals surface area (Å²) in [5, 5.41) is 8.66. The van der Waals surface area contributed by atoms with Crippen LogP contribution < -0.4 is 9.62 Å². The zero-order chi connectivity index (χ0) is 19.7. The molecule has 1 aromatic heterocycles. The number of aromatic nitrogens is 2. The van der Waals surface area contributed by atoms with Crippen molar-refractivity contribution in [2.24, 2.45) is 0 Å². The smallest absolute Gasteiger partial charge is 0.241 e. The molecule has 0 amide bonds. The predicted octanol–water partition coefficient (Wildman–Crippen LogP) is 1.97. The van der Waals surface area contributed by atoms with E-state index in [-0.39, 0.29) is 4.90 Å². The molecule has 0 saturated carbocycles. The van der Waals surface area contributed by atoms with Gasteiger partial charge < -0.3 is 9.80 Å². The standard InChI is InChI=1S/C19H27N5O2S/c1-19(2,3)22-27(25,26)17-8-6-5-7-15(17)16-9-10-18(21-20-16)24-13-11-23(4)12-14-24/h5-10,22H,11-14H2,1-4H3. The van der Waals surface area contributed by atoms with E-state index in [1.165, 1.54) is 0 Å². The summed E-state index contributed by atoms with van der Waals surface area (Å²) in [6, 6.07) is 10.6. The molecule has 1 saturated heterocycles. The minimum Gasteiger partial charge on any atom is -0.353 e.